The maximum atomic E-state index is 11.3. The normalized spacial score (nSPS) is 10.0. The number of amides is 1. The van der Waals surface area contributed by atoms with Crippen LogP contribution in [-0.4, -0.2) is 44.5 Å². The number of halogens is 1. The third-order valence-electron chi connectivity index (χ3n) is 2.74. The Hall–Kier alpha value is -1.42. The first-order valence-corrected chi connectivity index (χ1v) is 6.16. The Morgan fingerprint density at radius 3 is 2.61 bits per heavy atom. The van der Waals surface area contributed by atoms with E-state index in [4.69, 9.17) is 21.1 Å². The van der Waals surface area contributed by atoms with Gasteiger partial charge in [-0.2, -0.15) is 0 Å². The highest BCUT2D eigenvalue weighted by atomic mass is 35.5. The van der Waals surface area contributed by atoms with Gasteiger partial charge in [0.2, 0.25) is 5.91 Å². The van der Waals surface area contributed by atoms with E-state index in [1.54, 1.807) is 26.2 Å². The van der Waals surface area contributed by atoms with Crippen molar-refractivity contribution in [3.05, 3.63) is 23.8 Å². The van der Waals surface area contributed by atoms with Crippen molar-refractivity contribution in [2.45, 2.75) is 6.42 Å². The standard InChI is InChI=1S/C13H18ClNO3/c1-15(13(16)9-14)7-6-10-8-11(17-2)4-5-12(10)18-3/h4-5,8H,6-7,9H2,1-3H3. The SMILES string of the molecule is COc1ccc(OC)c(CCN(C)C(=O)CCl)c1. The minimum atomic E-state index is -0.0847. The summed E-state index contributed by atoms with van der Waals surface area (Å²) in [4.78, 5) is 13.0. The maximum absolute atomic E-state index is 11.3. The van der Waals surface area contributed by atoms with E-state index in [1.165, 1.54) is 0 Å². The first-order valence-electron chi connectivity index (χ1n) is 5.63. The number of hydrogen-bond acceptors (Lipinski definition) is 3. The molecule has 1 rings (SSSR count). The van der Waals surface area contributed by atoms with Crippen LogP contribution in [0.3, 0.4) is 0 Å². The second kappa shape index (κ2) is 7.11. The number of nitrogens with zero attached hydrogens (tertiary/aromatic N) is 1. The minimum absolute atomic E-state index is 0.00570. The average molecular weight is 272 g/mol. The van der Waals surface area contributed by atoms with Gasteiger partial charge in [0.15, 0.2) is 0 Å². The number of likely N-dealkylation sites (N-methyl/N-ethyl adjacent to an activating group) is 1. The van der Waals surface area contributed by atoms with Crippen molar-refractivity contribution in [3.63, 3.8) is 0 Å². The molecule has 100 valence electrons. The Kier molecular flexibility index (Phi) is 5.78. The van der Waals surface area contributed by atoms with Crippen LogP contribution in [0.2, 0.25) is 0 Å². The van der Waals surface area contributed by atoms with Gasteiger partial charge in [0.1, 0.15) is 17.4 Å². The molecule has 0 aliphatic carbocycles. The Morgan fingerprint density at radius 1 is 1.33 bits per heavy atom. The molecule has 0 heterocycles. The number of carbonyl (C=O) groups excluding carboxylic acids is 1. The van der Waals surface area contributed by atoms with Crippen molar-refractivity contribution in [1.82, 2.24) is 4.90 Å². The maximum Gasteiger partial charge on any atom is 0.237 e. The van der Waals surface area contributed by atoms with Crippen LogP contribution in [0.5, 0.6) is 11.5 Å². The lowest BCUT2D eigenvalue weighted by Crippen LogP contribution is -2.29. The van der Waals surface area contributed by atoms with Crippen LogP contribution in [0, 0.1) is 0 Å². The fraction of sp³-hybridized carbons (Fsp3) is 0.462. The molecule has 0 unspecified atom stereocenters. The van der Waals surface area contributed by atoms with Gasteiger partial charge in [-0.3, -0.25) is 4.79 Å². The molecule has 0 spiro atoms. The Bertz CT molecular complexity index is 409. The van der Waals surface area contributed by atoms with Crippen molar-refractivity contribution in [2.75, 3.05) is 33.7 Å². The Labute approximate surface area is 112 Å². The quantitative estimate of drug-likeness (QED) is 0.743. The number of alkyl halides is 1. The summed E-state index contributed by atoms with van der Waals surface area (Å²) in [6, 6.07) is 5.62. The highest BCUT2D eigenvalue weighted by Gasteiger charge is 2.10. The molecular weight excluding hydrogens is 254 g/mol. The van der Waals surface area contributed by atoms with E-state index in [-0.39, 0.29) is 11.8 Å². The van der Waals surface area contributed by atoms with Gasteiger partial charge in [-0.15, -0.1) is 11.6 Å². The summed E-state index contributed by atoms with van der Waals surface area (Å²) >= 11 is 5.50. The predicted molar refractivity (Wildman–Crippen MR) is 71.6 cm³/mol. The summed E-state index contributed by atoms with van der Waals surface area (Å²) in [7, 11) is 4.98. The molecule has 0 saturated carbocycles. The van der Waals surface area contributed by atoms with Crippen LogP contribution >= 0.6 is 11.6 Å². The van der Waals surface area contributed by atoms with Gasteiger partial charge in [0, 0.05) is 13.6 Å². The summed E-state index contributed by atoms with van der Waals surface area (Å²) in [6.45, 7) is 0.592. The van der Waals surface area contributed by atoms with Gasteiger partial charge in [-0.05, 0) is 30.2 Å². The van der Waals surface area contributed by atoms with Crippen molar-refractivity contribution >= 4 is 17.5 Å². The lowest BCUT2D eigenvalue weighted by atomic mass is 10.1. The molecule has 4 nitrogen and oxygen atoms in total. The fourth-order valence-electron chi connectivity index (χ4n) is 1.59. The summed E-state index contributed by atoms with van der Waals surface area (Å²) in [5, 5.41) is 0. The van der Waals surface area contributed by atoms with Crippen LogP contribution in [0.4, 0.5) is 0 Å². The van der Waals surface area contributed by atoms with Gasteiger partial charge in [0.25, 0.3) is 0 Å². The largest absolute Gasteiger partial charge is 0.497 e. The summed E-state index contributed by atoms with van der Waals surface area (Å²) in [5.41, 5.74) is 1.01. The zero-order valence-electron chi connectivity index (χ0n) is 10.9. The summed E-state index contributed by atoms with van der Waals surface area (Å²) < 4.78 is 10.5. The van der Waals surface area contributed by atoms with Gasteiger partial charge in [0.05, 0.1) is 14.2 Å². The van der Waals surface area contributed by atoms with E-state index >= 15 is 0 Å². The molecule has 0 N–H and O–H groups in total. The van der Waals surface area contributed by atoms with Crippen LogP contribution < -0.4 is 9.47 Å². The van der Waals surface area contributed by atoms with E-state index in [1.807, 2.05) is 18.2 Å². The molecule has 0 saturated heterocycles. The molecule has 0 atom stereocenters. The monoisotopic (exact) mass is 271 g/mol. The highest BCUT2D eigenvalue weighted by Crippen LogP contribution is 2.24. The topological polar surface area (TPSA) is 38.8 Å². The molecule has 0 aromatic heterocycles. The lowest BCUT2D eigenvalue weighted by Gasteiger charge is -2.17. The summed E-state index contributed by atoms with van der Waals surface area (Å²) in [6.07, 6.45) is 0.694. The van der Waals surface area contributed by atoms with Gasteiger partial charge < -0.3 is 14.4 Å². The predicted octanol–water partition coefficient (Wildman–Crippen LogP) is 1.94. The number of hydrogen-bond donors (Lipinski definition) is 0. The second-order valence-electron chi connectivity index (χ2n) is 3.88. The van der Waals surface area contributed by atoms with Gasteiger partial charge in [-0.1, -0.05) is 0 Å². The lowest BCUT2D eigenvalue weighted by molar-refractivity contribution is -0.127. The van der Waals surface area contributed by atoms with E-state index in [0.717, 1.165) is 17.1 Å². The molecule has 1 amide bonds. The Morgan fingerprint density at radius 2 is 2.06 bits per heavy atom. The van der Waals surface area contributed by atoms with E-state index in [2.05, 4.69) is 0 Å². The zero-order valence-corrected chi connectivity index (χ0v) is 11.7. The third-order valence-corrected chi connectivity index (χ3v) is 2.97. The molecule has 0 bridgehead atoms. The first-order chi connectivity index (χ1) is 8.62. The molecule has 0 fully saturated rings. The molecule has 0 aliphatic rings. The molecule has 1 aromatic carbocycles. The van der Waals surface area contributed by atoms with Crippen LogP contribution in [-0.2, 0) is 11.2 Å². The molecule has 18 heavy (non-hydrogen) atoms. The minimum Gasteiger partial charge on any atom is -0.497 e. The number of benzene rings is 1. The zero-order chi connectivity index (χ0) is 13.5. The van der Waals surface area contributed by atoms with E-state index < -0.39 is 0 Å². The molecular formula is C13H18ClNO3. The average Bonchev–Trinajstić information content (AvgIpc) is 2.43. The van der Waals surface area contributed by atoms with Gasteiger partial charge >= 0.3 is 0 Å². The number of rotatable bonds is 6. The smallest absolute Gasteiger partial charge is 0.237 e. The van der Waals surface area contributed by atoms with Crippen molar-refractivity contribution < 1.29 is 14.3 Å². The summed E-state index contributed by atoms with van der Waals surface area (Å²) in [5.74, 6) is 1.49. The van der Waals surface area contributed by atoms with Gasteiger partial charge in [-0.25, -0.2) is 0 Å². The first kappa shape index (κ1) is 14.6. The van der Waals surface area contributed by atoms with Crippen LogP contribution in [0.25, 0.3) is 0 Å². The second-order valence-corrected chi connectivity index (χ2v) is 4.14. The number of carbonyl (C=O) groups is 1. The number of methoxy groups -OCH3 is 2. The Balaban J connectivity index is 2.73. The van der Waals surface area contributed by atoms with E-state index in [9.17, 15) is 4.79 Å². The van der Waals surface area contributed by atoms with Crippen molar-refractivity contribution in [3.8, 4) is 11.5 Å². The number of ether oxygens (including phenoxy) is 2. The fourth-order valence-corrected chi connectivity index (χ4v) is 1.80. The molecule has 5 heteroatoms. The third kappa shape index (κ3) is 3.81. The van der Waals surface area contributed by atoms with Crippen LogP contribution in [0.15, 0.2) is 18.2 Å². The molecule has 0 aliphatic heterocycles. The van der Waals surface area contributed by atoms with Crippen LogP contribution in [0.1, 0.15) is 5.56 Å². The van der Waals surface area contributed by atoms with Crippen molar-refractivity contribution in [2.24, 2.45) is 0 Å². The molecule has 0 radical (unpaired) electrons. The molecule has 1 aromatic rings. The highest BCUT2D eigenvalue weighted by molar-refractivity contribution is 6.27. The van der Waals surface area contributed by atoms with E-state index in [0.29, 0.717) is 13.0 Å². The van der Waals surface area contributed by atoms with Crippen molar-refractivity contribution in [1.29, 1.82) is 0 Å².